The molecule has 0 amide bonds. The molecule has 2 unspecified atom stereocenters. The zero-order chi connectivity index (χ0) is 11.5. The molecule has 1 aliphatic rings. The van der Waals surface area contributed by atoms with Crippen LogP contribution in [0.2, 0.25) is 0 Å². The number of nitrogens with two attached hydrogens (primary N) is 1. The van der Waals surface area contributed by atoms with Gasteiger partial charge in [0.15, 0.2) is 0 Å². The van der Waals surface area contributed by atoms with Crippen LogP contribution >= 0.6 is 0 Å². The minimum atomic E-state index is -2.90. The van der Waals surface area contributed by atoms with Crippen molar-refractivity contribution in [3.8, 4) is 0 Å². The van der Waals surface area contributed by atoms with Crippen molar-refractivity contribution in [1.29, 1.82) is 0 Å². The molecule has 0 radical (unpaired) electrons. The van der Waals surface area contributed by atoms with Crippen LogP contribution in [0.25, 0.3) is 0 Å². The molecule has 0 aromatic rings. The number of likely N-dealkylation sites (N-methyl/N-ethyl adjacent to an activating group) is 1. The number of hydrogen-bond donors (Lipinski definition) is 1. The van der Waals surface area contributed by atoms with Gasteiger partial charge in [0, 0.05) is 31.5 Å². The first-order valence-corrected chi connectivity index (χ1v) is 7.17. The van der Waals surface area contributed by atoms with E-state index in [2.05, 4.69) is 0 Å². The number of hydrogen-bond acceptors (Lipinski definition) is 5. The Bertz CT molecular complexity index is 292. The van der Waals surface area contributed by atoms with Gasteiger partial charge < -0.3 is 10.5 Å². The minimum Gasteiger partial charge on any atom is -0.380 e. The maximum Gasteiger partial charge on any atom is 0.148 e. The van der Waals surface area contributed by atoms with Gasteiger partial charge in [0.1, 0.15) is 9.84 Å². The molecule has 1 aliphatic heterocycles. The largest absolute Gasteiger partial charge is 0.380 e. The Hall–Kier alpha value is -0.170. The monoisotopic (exact) mass is 236 g/mol. The molecule has 1 fully saturated rings. The molecule has 0 spiro atoms. The summed E-state index contributed by atoms with van der Waals surface area (Å²) in [6.07, 6.45) is 2.09. The zero-order valence-electron chi connectivity index (χ0n) is 9.35. The van der Waals surface area contributed by atoms with Crippen molar-refractivity contribution >= 4 is 9.84 Å². The third-order valence-corrected chi connectivity index (χ3v) is 3.68. The lowest BCUT2D eigenvalue weighted by Gasteiger charge is -2.35. The summed E-state index contributed by atoms with van der Waals surface area (Å²) in [5, 5.41) is 0. The highest BCUT2D eigenvalue weighted by molar-refractivity contribution is 7.90. The SMILES string of the molecule is CN(CCS(C)(=O)=O)C1COCCC1N. The second kappa shape index (κ2) is 5.25. The number of nitrogens with zero attached hydrogens (tertiary/aromatic N) is 1. The zero-order valence-corrected chi connectivity index (χ0v) is 10.2. The predicted octanol–water partition coefficient (Wildman–Crippen LogP) is -0.921. The van der Waals surface area contributed by atoms with Crippen molar-refractivity contribution in [2.24, 2.45) is 5.73 Å². The van der Waals surface area contributed by atoms with Crippen molar-refractivity contribution in [2.45, 2.75) is 18.5 Å². The third-order valence-electron chi connectivity index (χ3n) is 2.76. The van der Waals surface area contributed by atoms with Crippen LogP contribution < -0.4 is 5.73 Å². The van der Waals surface area contributed by atoms with Crippen LogP contribution in [-0.4, -0.2) is 64.2 Å². The molecule has 0 saturated carbocycles. The first kappa shape index (κ1) is 12.9. The summed E-state index contributed by atoms with van der Waals surface area (Å²) in [4.78, 5) is 1.98. The van der Waals surface area contributed by atoms with Crippen LogP contribution in [0.5, 0.6) is 0 Å². The molecule has 90 valence electrons. The van der Waals surface area contributed by atoms with Crippen LogP contribution in [0.4, 0.5) is 0 Å². The lowest BCUT2D eigenvalue weighted by molar-refractivity contribution is 0.0174. The molecule has 1 saturated heterocycles. The molecule has 15 heavy (non-hydrogen) atoms. The lowest BCUT2D eigenvalue weighted by Crippen LogP contribution is -2.53. The van der Waals surface area contributed by atoms with Gasteiger partial charge in [0.05, 0.1) is 12.4 Å². The van der Waals surface area contributed by atoms with E-state index in [1.54, 1.807) is 0 Å². The van der Waals surface area contributed by atoms with Gasteiger partial charge in [-0.05, 0) is 13.5 Å². The van der Waals surface area contributed by atoms with E-state index in [1.807, 2.05) is 11.9 Å². The topological polar surface area (TPSA) is 72.6 Å². The van der Waals surface area contributed by atoms with Crippen LogP contribution in [-0.2, 0) is 14.6 Å². The van der Waals surface area contributed by atoms with Crippen molar-refractivity contribution in [1.82, 2.24) is 4.90 Å². The van der Waals surface area contributed by atoms with Gasteiger partial charge in [0.25, 0.3) is 0 Å². The molecule has 0 aromatic heterocycles. The molecule has 0 bridgehead atoms. The number of ether oxygens (including phenoxy) is 1. The quantitative estimate of drug-likeness (QED) is 0.683. The van der Waals surface area contributed by atoms with Gasteiger partial charge in [-0.2, -0.15) is 0 Å². The standard InChI is InChI=1S/C9H20N2O3S/c1-11(4-6-15(2,12)13)9-7-14-5-3-8(9)10/h8-9H,3-7,10H2,1-2H3. The molecule has 2 N–H and O–H groups in total. The van der Waals surface area contributed by atoms with E-state index in [-0.39, 0.29) is 17.8 Å². The summed E-state index contributed by atoms with van der Waals surface area (Å²) < 4.78 is 27.4. The summed E-state index contributed by atoms with van der Waals surface area (Å²) >= 11 is 0. The molecule has 5 nitrogen and oxygen atoms in total. The average Bonchev–Trinajstić information content (AvgIpc) is 2.14. The van der Waals surface area contributed by atoms with E-state index >= 15 is 0 Å². The summed E-state index contributed by atoms with van der Waals surface area (Å²) in [5.41, 5.74) is 5.95. The Kier molecular flexibility index (Phi) is 4.51. The maximum atomic E-state index is 11.0. The van der Waals surface area contributed by atoms with E-state index < -0.39 is 9.84 Å². The summed E-state index contributed by atoms with van der Waals surface area (Å²) in [5.74, 6) is 0.173. The van der Waals surface area contributed by atoms with Crippen molar-refractivity contribution < 1.29 is 13.2 Å². The molecular formula is C9H20N2O3S. The number of sulfone groups is 1. The molecule has 1 rings (SSSR count). The second-order valence-corrected chi connectivity index (χ2v) is 6.47. The Morgan fingerprint density at radius 2 is 2.20 bits per heavy atom. The Morgan fingerprint density at radius 3 is 2.73 bits per heavy atom. The normalized spacial score (nSPS) is 28.3. The van der Waals surface area contributed by atoms with Gasteiger partial charge in [-0.25, -0.2) is 8.42 Å². The molecule has 0 aliphatic carbocycles. The third kappa shape index (κ3) is 4.46. The van der Waals surface area contributed by atoms with Crippen molar-refractivity contribution in [3.05, 3.63) is 0 Å². The highest BCUT2D eigenvalue weighted by atomic mass is 32.2. The fourth-order valence-electron chi connectivity index (χ4n) is 1.67. The van der Waals surface area contributed by atoms with E-state index in [9.17, 15) is 8.42 Å². The van der Waals surface area contributed by atoms with Gasteiger partial charge in [-0.15, -0.1) is 0 Å². The lowest BCUT2D eigenvalue weighted by atomic mass is 10.0. The van der Waals surface area contributed by atoms with E-state index in [1.165, 1.54) is 6.26 Å². The van der Waals surface area contributed by atoms with Crippen LogP contribution in [0.15, 0.2) is 0 Å². The molecule has 6 heteroatoms. The fourth-order valence-corrected chi connectivity index (χ4v) is 2.29. The Morgan fingerprint density at radius 1 is 1.53 bits per heavy atom. The highest BCUT2D eigenvalue weighted by Crippen LogP contribution is 2.10. The summed E-state index contributed by atoms with van der Waals surface area (Å²) in [7, 11) is -1.01. The van der Waals surface area contributed by atoms with Crippen LogP contribution in [0.1, 0.15) is 6.42 Å². The maximum absolute atomic E-state index is 11.0. The molecular weight excluding hydrogens is 216 g/mol. The Labute approximate surface area is 91.5 Å². The van der Waals surface area contributed by atoms with E-state index in [4.69, 9.17) is 10.5 Å². The van der Waals surface area contributed by atoms with Gasteiger partial charge in [-0.1, -0.05) is 0 Å². The average molecular weight is 236 g/mol. The van der Waals surface area contributed by atoms with Crippen molar-refractivity contribution in [2.75, 3.05) is 38.8 Å². The van der Waals surface area contributed by atoms with Crippen molar-refractivity contribution in [3.63, 3.8) is 0 Å². The summed E-state index contributed by atoms with van der Waals surface area (Å²) in [6, 6.07) is 0.226. The first-order valence-electron chi connectivity index (χ1n) is 5.11. The van der Waals surface area contributed by atoms with Crippen LogP contribution in [0, 0.1) is 0 Å². The van der Waals surface area contributed by atoms with E-state index in [0.29, 0.717) is 19.8 Å². The van der Waals surface area contributed by atoms with E-state index in [0.717, 1.165) is 6.42 Å². The minimum absolute atomic E-state index is 0.0864. The molecule has 1 heterocycles. The van der Waals surface area contributed by atoms with Crippen LogP contribution in [0.3, 0.4) is 0 Å². The molecule has 2 atom stereocenters. The highest BCUT2D eigenvalue weighted by Gasteiger charge is 2.26. The van der Waals surface area contributed by atoms with Gasteiger partial charge in [-0.3, -0.25) is 4.90 Å². The first-order chi connectivity index (χ1) is 6.90. The Balaban J connectivity index is 2.41. The summed E-state index contributed by atoms with van der Waals surface area (Å²) in [6.45, 7) is 1.82. The fraction of sp³-hybridized carbons (Fsp3) is 1.00. The number of rotatable bonds is 4. The smallest absolute Gasteiger partial charge is 0.148 e. The van der Waals surface area contributed by atoms with Gasteiger partial charge >= 0.3 is 0 Å². The predicted molar refractivity (Wildman–Crippen MR) is 59.5 cm³/mol. The second-order valence-electron chi connectivity index (χ2n) is 4.21. The van der Waals surface area contributed by atoms with Gasteiger partial charge in [0.2, 0.25) is 0 Å². The molecule has 0 aromatic carbocycles.